The average molecular weight is 305 g/mol. The molecule has 3 rings (SSSR count). The molecule has 5 nitrogen and oxygen atoms in total. The number of nitrogens with one attached hydrogen (secondary N) is 1. The van der Waals surface area contributed by atoms with E-state index in [1.54, 1.807) is 0 Å². The highest BCUT2D eigenvalue weighted by atomic mass is 16.7. The Labute approximate surface area is 130 Å². The lowest BCUT2D eigenvalue weighted by molar-refractivity contribution is -0.161. The van der Waals surface area contributed by atoms with Crippen LogP contribution in [0.1, 0.15) is 31.2 Å². The first-order chi connectivity index (χ1) is 10.7. The molecule has 1 aliphatic carbocycles. The molecular weight excluding hydrogens is 282 g/mol. The van der Waals surface area contributed by atoms with E-state index < -0.39 is 0 Å². The van der Waals surface area contributed by atoms with Gasteiger partial charge in [0.15, 0.2) is 12.4 Å². The predicted octanol–water partition coefficient (Wildman–Crippen LogP) is 2.18. The van der Waals surface area contributed by atoms with E-state index in [2.05, 4.69) is 5.32 Å². The monoisotopic (exact) mass is 305 g/mol. The minimum Gasteiger partial charge on any atom is -0.484 e. The van der Waals surface area contributed by atoms with Gasteiger partial charge in [-0.05, 0) is 31.4 Å². The summed E-state index contributed by atoms with van der Waals surface area (Å²) in [6, 6.07) is 7.65. The van der Waals surface area contributed by atoms with Crippen LogP contribution in [-0.4, -0.2) is 37.6 Å². The van der Waals surface area contributed by atoms with E-state index in [-0.39, 0.29) is 24.4 Å². The lowest BCUT2D eigenvalue weighted by Gasteiger charge is -2.21. The number of hydrogen-bond acceptors (Lipinski definition) is 4. The van der Waals surface area contributed by atoms with Gasteiger partial charge in [-0.25, -0.2) is 0 Å². The molecule has 0 aromatic heterocycles. The molecule has 2 aliphatic rings. The van der Waals surface area contributed by atoms with Crippen LogP contribution in [0.15, 0.2) is 24.3 Å². The van der Waals surface area contributed by atoms with E-state index in [4.69, 9.17) is 14.2 Å². The summed E-state index contributed by atoms with van der Waals surface area (Å²) in [5.74, 6) is 0.231. The second-order valence-corrected chi connectivity index (χ2v) is 6.03. The SMILES string of the molecule is Cc1ccccc1OCC(=O)NC[C@H]1COC2(CCCC2)O1. The molecule has 0 bridgehead atoms. The highest BCUT2D eigenvalue weighted by Gasteiger charge is 2.43. The third kappa shape index (κ3) is 3.59. The summed E-state index contributed by atoms with van der Waals surface area (Å²) >= 11 is 0. The second-order valence-electron chi connectivity index (χ2n) is 6.03. The molecule has 1 N–H and O–H groups in total. The summed E-state index contributed by atoms with van der Waals surface area (Å²) in [5, 5.41) is 2.85. The zero-order chi connectivity index (χ0) is 15.4. The molecule has 0 unspecified atom stereocenters. The lowest BCUT2D eigenvalue weighted by Crippen LogP contribution is -2.37. The van der Waals surface area contributed by atoms with Crippen molar-refractivity contribution in [3.8, 4) is 5.75 Å². The largest absolute Gasteiger partial charge is 0.484 e. The molecule has 1 heterocycles. The van der Waals surface area contributed by atoms with Crippen LogP contribution in [0.3, 0.4) is 0 Å². The first-order valence-electron chi connectivity index (χ1n) is 7.94. The molecule has 1 saturated heterocycles. The molecule has 1 atom stereocenters. The third-order valence-electron chi connectivity index (χ3n) is 4.26. The quantitative estimate of drug-likeness (QED) is 0.906. The Morgan fingerprint density at radius 3 is 2.91 bits per heavy atom. The lowest BCUT2D eigenvalue weighted by atomic mass is 10.2. The van der Waals surface area contributed by atoms with E-state index in [9.17, 15) is 4.79 Å². The Morgan fingerprint density at radius 2 is 2.14 bits per heavy atom. The van der Waals surface area contributed by atoms with Crippen molar-refractivity contribution in [2.24, 2.45) is 0 Å². The molecule has 5 heteroatoms. The Morgan fingerprint density at radius 1 is 1.36 bits per heavy atom. The van der Waals surface area contributed by atoms with Crippen molar-refractivity contribution < 1.29 is 19.0 Å². The standard InChI is InChI=1S/C17H23NO4/c1-13-6-2-3-7-15(13)20-12-16(19)18-10-14-11-21-17(22-14)8-4-5-9-17/h2-3,6-7,14H,4-5,8-12H2,1H3,(H,18,19)/t14-/m0/s1. The van der Waals surface area contributed by atoms with Gasteiger partial charge in [0.05, 0.1) is 6.61 Å². The second kappa shape index (κ2) is 6.67. The fourth-order valence-electron chi connectivity index (χ4n) is 3.03. The maximum Gasteiger partial charge on any atom is 0.258 e. The molecule has 120 valence electrons. The Kier molecular flexibility index (Phi) is 4.64. The molecule has 1 amide bonds. The van der Waals surface area contributed by atoms with Crippen molar-refractivity contribution in [3.63, 3.8) is 0 Å². The fraction of sp³-hybridized carbons (Fsp3) is 0.588. The minimum atomic E-state index is -0.368. The van der Waals surface area contributed by atoms with Crippen LogP contribution in [0.4, 0.5) is 0 Å². The van der Waals surface area contributed by atoms with E-state index in [0.29, 0.717) is 13.2 Å². The van der Waals surface area contributed by atoms with Crippen LogP contribution >= 0.6 is 0 Å². The van der Waals surface area contributed by atoms with Gasteiger partial charge in [-0.15, -0.1) is 0 Å². The Balaban J connectivity index is 1.39. The van der Waals surface area contributed by atoms with Gasteiger partial charge in [-0.1, -0.05) is 18.2 Å². The smallest absolute Gasteiger partial charge is 0.258 e. The van der Waals surface area contributed by atoms with Gasteiger partial charge in [0.1, 0.15) is 11.9 Å². The first-order valence-corrected chi connectivity index (χ1v) is 7.94. The maximum absolute atomic E-state index is 11.9. The van der Waals surface area contributed by atoms with Crippen LogP contribution < -0.4 is 10.1 Å². The zero-order valence-corrected chi connectivity index (χ0v) is 13.0. The van der Waals surface area contributed by atoms with Crippen molar-refractivity contribution in [3.05, 3.63) is 29.8 Å². The van der Waals surface area contributed by atoms with Crippen molar-refractivity contribution >= 4 is 5.91 Å². The van der Waals surface area contributed by atoms with Crippen LogP contribution in [0.2, 0.25) is 0 Å². The summed E-state index contributed by atoms with van der Waals surface area (Å²) in [7, 11) is 0. The summed E-state index contributed by atoms with van der Waals surface area (Å²) in [6.45, 7) is 3.00. The van der Waals surface area contributed by atoms with Crippen molar-refractivity contribution in [1.29, 1.82) is 0 Å². The number of aryl methyl sites for hydroxylation is 1. The molecule has 1 saturated carbocycles. The van der Waals surface area contributed by atoms with E-state index in [1.165, 1.54) is 0 Å². The third-order valence-corrected chi connectivity index (χ3v) is 4.26. The highest BCUT2D eigenvalue weighted by Crippen LogP contribution is 2.38. The number of para-hydroxylation sites is 1. The topological polar surface area (TPSA) is 56.8 Å². The number of benzene rings is 1. The minimum absolute atomic E-state index is 0.0174. The van der Waals surface area contributed by atoms with Crippen LogP contribution in [0.5, 0.6) is 5.75 Å². The van der Waals surface area contributed by atoms with Gasteiger partial charge in [0, 0.05) is 19.4 Å². The molecule has 1 aliphatic heterocycles. The van der Waals surface area contributed by atoms with Gasteiger partial charge in [-0.2, -0.15) is 0 Å². The van der Waals surface area contributed by atoms with E-state index in [0.717, 1.165) is 37.0 Å². The van der Waals surface area contributed by atoms with Crippen molar-refractivity contribution in [2.45, 2.75) is 44.5 Å². The molecule has 1 spiro atoms. The Hall–Kier alpha value is -1.59. The summed E-state index contributed by atoms with van der Waals surface area (Å²) in [5.41, 5.74) is 1.02. The van der Waals surface area contributed by atoms with Gasteiger partial charge in [-0.3, -0.25) is 4.79 Å². The van der Waals surface area contributed by atoms with Crippen molar-refractivity contribution in [2.75, 3.05) is 19.8 Å². The molecule has 1 aromatic rings. The number of carbonyl (C=O) groups is 1. The van der Waals surface area contributed by atoms with E-state index >= 15 is 0 Å². The number of amides is 1. The number of ether oxygens (including phenoxy) is 3. The van der Waals surface area contributed by atoms with Gasteiger partial charge in [0.25, 0.3) is 5.91 Å². The molecule has 1 aromatic carbocycles. The summed E-state index contributed by atoms with van der Waals surface area (Å²) in [4.78, 5) is 11.9. The fourth-order valence-corrected chi connectivity index (χ4v) is 3.03. The number of hydrogen-bond donors (Lipinski definition) is 1. The van der Waals surface area contributed by atoms with Crippen LogP contribution in [-0.2, 0) is 14.3 Å². The first kappa shape index (κ1) is 15.3. The highest BCUT2D eigenvalue weighted by molar-refractivity contribution is 5.77. The molecule has 2 fully saturated rings. The van der Waals surface area contributed by atoms with E-state index in [1.807, 2.05) is 31.2 Å². The predicted molar refractivity (Wildman–Crippen MR) is 81.7 cm³/mol. The normalized spacial score (nSPS) is 22.9. The number of carbonyl (C=O) groups excluding carboxylic acids is 1. The number of rotatable bonds is 5. The van der Waals surface area contributed by atoms with Gasteiger partial charge in [0.2, 0.25) is 0 Å². The summed E-state index contributed by atoms with van der Waals surface area (Å²) < 4.78 is 17.3. The van der Waals surface area contributed by atoms with Gasteiger partial charge < -0.3 is 19.5 Å². The molecular formula is C17H23NO4. The molecule has 22 heavy (non-hydrogen) atoms. The van der Waals surface area contributed by atoms with Crippen LogP contribution in [0, 0.1) is 6.92 Å². The van der Waals surface area contributed by atoms with Crippen molar-refractivity contribution in [1.82, 2.24) is 5.32 Å². The zero-order valence-electron chi connectivity index (χ0n) is 13.0. The average Bonchev–Trinajstić information content (AvgIpc) is 3.15. The summed E-state index contributed by atoms with van der Waals surface area (Å²) in [6.07, 6.45) is 4.19. The van der Waals surface area contributed by atoms with Crippen LogP contribution in [0.25, 0.3) is 0 Å². The Bertz CT molecular complexity index is 525. The molecule has 0 radical (unpaired) electrons. The van der Waals surface area contributed by atoms with Gasteiger partial charge >= 0.3 is 0 Å². The maximum atomic E-state index is 11.9.